The molecule has 1 saturated carbocycles. The van der Waals surface area contributed by atoms with Gasteiger partial charge in [0.25, 0.3) is 11.5 Å². The second kappa shape index (κ2) is 7.25. The Morgan fingerprint density at radius 1 is 1.21 bits per heavy atom. The molecule has 0 spiro atoms. The molecule has 1 aromatic carbocycles. The van der Waals surface area contributed by atoms with Gasteiger partial charge in [0, 0.05) is 25.0 Å². The van der Waals surface area contributed by atoms with Gasteiger partial charge in [0.2, 0.25) is 0 Å². The Kier molecular flexibility index (Phi) is 4.89. The first-order valence-electron chi connectivity index (χ1n) is 9.70. The van der Waals surface area contributed by atoms with Gasteiger partial charge in [-0.3, -0.25) is 9.59 Å². The van der Waals surface area contributed by atoms with Crippen molar-refractivity contribution in [3.8, 4) is 5.75 Å². The number of phenols is 1. The molecule has 4 rings (SSSR count). The highest BCUT2D eigenvalue weighted by molar-refractivity contribution is 7.92. The van der Waals surface area contributed by atoms with Crippen molar-refractivity contribution in [2.24, 2.45) is 13.0 Å². The average Bonchev–Trinajstić information content (AvgIpc) is 3.26. The number of benzene rings is 1. The fourth-order valence-corrected chi connectivity index (χ4v) is 5.35. The largest absolute Gasteiger partial charge is 0.506 e. The molecule has 9 nitrogen and oxygen atoms in total. The minimum atomic E-state index is -4.04. The topological polar surface area (TPSA) is 121 Å². The zero-order chi connectivity index (χ0) is 20.8. The van der Waals surface area contributed by atoms with Crippen molar-refractivity contribution in [1.29, 1.82) is 0 Å². The second-order valence-electron chi connectivity index (χ2n) is 7.72. The van der Waals surface area contributed by atoms with E-state index in [0.717, 1.165) is 10.7 Å². The first-order valence-corrected chi connectivity index (χ1v) is 11.1. The van der Waals surface area contributed by atoms with E-state index in [9.17, 15) is 23.1 Å². The summed E-state index contributed by atoms with van der Waals surface area (Å²) in [5.41, 5.74) is 0.662. The highest BCUT2D eigenvalue weighted by Gasteiger charge is 2.35. The first-order chi connectivity index (χ1) is 13.8. The molecule has 3 N–H and O–H groups in total. The number of phenolic OH excluding ortho intramolecular Hbond substituents is 1. The Balaban J connectivity index is 1.68. The molecule has 1 saturated heterocycles. The lowest BCUT2D eigenvalue weighted by Crippen LogP contribution is -2.29. The summed E-state index contributed by atoms with van der Waals surface area (Å²) in [4.78, 5) is 24.2. The van der Waals surface area contributed by atoms with Crippen LogP contribution in [-0.2, 0) is 22.1 Å². The lowest BCUT2D eigenvalue weighted by atomic mass is 10.0. The van der Waals surface area contributed by atoms with Gasteiger partial charge in [-0.1, -0.05) is 25.7 Å². The number of carbonyl (C=O) groups is 1. The van der Waals surface area contributed by atoms with Gasteiger partial charge < -0.3 is 15.0 Å². The van der Waals surface area contributed by atoms with Gasteiger partial charge in [0.1, 0.15) is 18.0 Å². The molecule has 1 aliphatic heterocycles. The maximum atomic E-state index is 12.7. The van der Waals surface area contributed by atoms with Crippen LogP contribution in [0.15, 0.2) is 23.0 Å². The summed E-state index contributed by atoms with van der Waals surface area (Å²) < 4.78 is 28.4. The van der Waals surface area contributed by atoms with Gasteiger partial charge in [0.05, 0.1) is 11.2 Å². The van der Waals surface area contributed by atoms with Crippen LogP contribution in [0.1, 0.15) is 32.1 Å². The van der Waals surface area contributed by atoms with Crippen molar-refractivity contribution in [3.63, 3.8) is 0 Å². The van der Waals surface area contributed by atoms with Gasteiger partial charge in [-0.25, -0.2) is 9.03 Å². The molecule has 0 unspecified atom stereocenters. The molecular formula is C19H24N4O5S. The van der Waals surface area contributed by atoms with E-state index in [1.54, 1.807) is 13.1 Å². The number of nitrogens with zero attached hydrogens (tertiary/aromatic N) is 2. The summed E-state index contributed by atoms with van der Waals surface area (Å²) in [6, 6.07) is 4.48. The summed E-state index contributed by atoms with van der Waals surface area (Å²) >= 11 is 0. The zero-order valence-electron chi connectivity index (χ0n) is 16.1. The standard InChI is InChI=1S/C19H24N4O5S/c1-22-15-10-17(24)16(23-11-18(25)21-29(23,27)28)9-13(15)8-14(19(22)26)20-7-6-12-4-2-3-5-12/h8-10,12,20,24H,2-7,11H2,1H3,(H,21,25). The van der Waals surface area contributed by atoms with Crippen LogP contribution in [0.25, 0.3) is 10.9 Å². The van der Waals surface area contributed by atoms with Crippen LogP contribution in [0.5, 0.6) is 5.75 Å². The lowest BCUT2D eigenvalue weighted by molar-refractivity contribution is -0.117. The number of aryl methyl sites for hydroxylation is 1. The van der Waals surface area contributed by atoms with E-state index in [0.29, 0.717) is 29.1 Å². The van der Waals surface area contributed by atoms with E-state index in [2.05, 4.69) is 5.32 Å². The Labute approximate surface area is 168 Å². The van der Waals surface area contributed by atoms with Crippen LogP contribution >= 0.6 is 0 Å². The first kappa shape index (κ1) is 19.6. The molecule has 1 aromatic heterocycles. The fourth-order valence-electron chi connectivity index (χ4n) is 4.19. The van der Waals surface area contributed by atoms with E-state index in [4.69, 9.17) is 0 Å². The number of pyridine rings is 1. The molecule has 29 heavy (non-hydrogen) atoms. The Morgan fingerprint density at radius 2 is 1.93 bits per heavy atom. The third kappa shape index (κ3) is 3.64. The van der Waals surface area contributed by atoms with Crippen LogP contribution in [0.2, 0.25) is 0 Å². The highest BCUT2D eigenvalue weighted by atomic mass is 32.2. The molecule has 2 fully saturated rings. The molecular weight excluding hydrogens is 396 g/mol. The number of rotatable bonds is 5. The number of anilines is 2. The summed E-state index contributed by atoms with van der Waals surface area (Å²) in [6.07, 6.45) is 6.01. The summed E-state index contributed by atoms with van der Waals surface area (Å²) in [7, 11) is -2.44. The molecule has 156 valence electrons. The molecule has 0 atom stereocenters. The average molecular weight is 420 g/mol. The third-order valence-electron chi connectivity index (χ3n) is 5.75. The lowest BCUT2D eigenvalue weighted by Gasteiger charge is -2.18. The van der Waals surface area contributed by atoms with Gasteiger partial charge in [-0.15, -0.1) is 0 Å². The molecule has 2 aromatic rings. The summed E-state index contributed by atoms with van der Waals surface area (Å²) in [5, 5.41) is 14.1. The van der Waals surface area contributed by atoms with Crippen molar-refractivity contribution in [3.05, 3.63) is 28.6 Å². The van der Waals surface area contributed by atoms with Gasteiger partial charge in [0.15, 0.2) is 0 Å². The normalized spacial score (nSPS) is 19.1. The number of hydrogen-bond acceptors (Lipinski definition) is 6. The van der Waals surface area contributed by atoms with Crippen molar-refractivity contribution in [2.75, 3.05) is 22.7 Å². The number of amides is 1. The monoisotopic (exact) mass is 420 g/mol. The predicted molar refractivity (Wildman–Crippen MR) is 110 cm³/mol. The van der Waals surface area contributed by atoms with Crippen LogP contribution in [-0.4, -0.2) is 37.1 Å². The molecule has 1 amide bonds. The SMILES string of the molecule is Cn1c(=O)c(NCCC2CCCC2)cc2cc(N3CC(=O)NS3(=O)=O)c(O)cc21. The van der Waals surface area contributed by atoms with E-state index >= 15 is 0 Å². The molecule has 2 heterocycles. The Hall–Kier alpha value is -2.75. The van der Waals surface area contributed by atoms with E-state index in [1.807, 2.05) is 4.72 Å². The molecule has 0 bridgehead atoms. The smallest absolute Gasteiger partial charge is 0.326 e. The summed E-state index contributed by atoms with van der Waals surface area (Å²) in [6.45, 7) is 0.287. The number of hydrogen-bond donors (Lipinski definition) is 3. The van der Waals surface area contributed by atoms with Crippen LogP contribution < -0.4 is 19.9 Å². The van der Waals surface area contributed by atoms with Crippen molar-refractivity contribution < 1.29 is 18.3 Å². The van der Waals surface area contributed by atoms with Gasteiger partial charge >= 0.3 is 10.2 Å². The fraction of sp³-hybridized carbons (Fsp3) is 0.474. The summed E-state index contributed by atoms with van der Waals surface area (Å²) in [5.74, 6) is -0.297. The van der Waals surface area contributed by atoms with Crippen molar-refractivity contribution in [1.82, 2.24) is 9.29 Å². The zero-order valence-corrected chi connectivity index (χ0v) is 17.0. The van der Waals surface area contributed by atoms with E-state index < -0.39 is 22.7 Å². The minimum absolute atomic E-state index is 0.00796. The quantitative estimate of drug-likeness (QED) is 0.673. The predicted octanol–water partition coefficient (Wildman–Crippen LogP) is 1.42. The maximum Gasteiger partial charge on any atom is 0.326 e. The molecule has 10 heteroatoms. The van der Waals surface area contributed by atoms with E-state index in [1.165, 1.54) is 42.4 Å². The highest BCUT2D eigenvalue weighted by Crippen LogP contribution is 2.35. The van der Waals surface area contributed by atoms with E-state index in [-0.39, 0.29) is 17.0 Å². The third-order valence-corrected chi connectivity index (χ3v) is 7.14. The molecule has 0 radical (unpaired) electrons. The molecule has 1 aliphatic carbocycles. The van der Waals surface area contributed by atoms with Gasteiger partial charge in [-0.05, 0) is 24.5 Å². The van der Waals surface area contributed by atoms with Crippen molar-refractivity contribution in [2.45, 2.75) is 32.1 Å². The number of aromatic hydroxyl groups is 1. The number of carbonyl (C=O) groups excluding carboxylic acids is 1. The Bertz CT molecular complexity index is 1140. The minimum Gasteiger partial charge on any atom is -0.506 e. The number of fused-ring (bicyclic) bond motifs is 1. The number of aromatic nitrogens is 1. The van der Waals surface area contributed by atoms with Crippen LogP contribution in [0.4, 0.5) is 11.4 Å². The van der Waals surface area contributed by atoms with Crippen LogP contribution in [0, 0.1) is 5.92 Å². The van der Waals surface area contributed by atoms with Gasteiger partial charge in [-0.2, -0.15) is 8.42 Å². The van der Waals surface area contributed by atoms with Crippen LogP contribution in [0.3, 0.4) is 0 Å². The van der Waals surface area contributed by atoms with Crippen molar-refractivity contribution >= 4 is 38.4 Å². The second-order valence-corrected chi connectivity index (χ2v) is 9.32. The maximum absolute atomic E-state index is 12.7. The molecule has 2 aliphatic rings. The number of nitrogens with one attached hydrogen (secondary N) is 2. The Morgan fingerprint density at radius 3 is 2.59 bits per heavy atom.